The van der Waals surface area contributed by atoms with Gasteiger partial charge >= 0.3 is 5.97 Å². The molecule has 0 spiro atoms. The van der Waals surface area contributed by atoms with E-state index in [-0.39, 0.29) is 20.0 Å². The minimum Gasteiger partial charge on any atom is -0.484 e. The van der Waals surface area contributed by atoms with Gasteiger partial charge in [0, 0.05) is 6.07 Å². The molecule has 0 atom stereocenters. The van der Waals surface area contributed by atoms with Crippen LogP contribution in [0.15, 0.2) is 42.5 Å². The molecule has 2 aromatic carbocycles. The van der Waals surface area contributed by atoms with Gasteiger partial charge in [-0.2, -0.15) is 0 Å². The zero-order valence-electron chi connectivity index (χ0n) is 13.6. The lowest BCUT2D eigenvalue weighted by Crippen LogP contribution is -2.22. The zero-order valence-corrected chi connectivity index (χ0v) is 13.6. The van der Waals surface area contributed by atoms with Crippen molar-refractivity contribution < 1.29 is 28.5 Å². The monoisotopic (exact) mass is 343 g/mol. The van der Waals surface area contributed by atoms with E-state index in [1.807, 2.05) is 0 Å². The van der Waals surface area contributed by atoms with Gasteiger partial charge in [-0.1, -0.05) is 12.1 Å². The summed E-state index contributed by atoms with van der Waals surface area (Å²) in [5.74, 6) is 0.813. The fourth-order valence-corrected chi connectivity index (χ4v) is 2.28. The Balaban J connectivity index is 1.60. The largest absolute Gasteiger partial charge is 0.484 e. The second-order valence-electron chi connectivity index (χ2n) is 5.12. The average molecular weight is 343 g/mol. The lowest BCUT2D eigenvalue weighted by atomic mass is 10.2. The highest BCUT2D eigenvalue weighted by molar-refractivity contribution is 6.01. The maximum atomic E-state index is 12.1. The Hall–Kier alpha value is -3.22. The summed E-state index contributed by atoms with van der Waals surface area (Å²) in [5, 5.41) is 2.65. The van der Waals surface area contributed by atoms with E-state index in [0.29, 0.717) is 28.5 Å². The second-order valence-corrected chi connectivity index (χ2v) is 5.12. The standard InChI is InChI=1S/C18H17NO6/c1-2-22-18(21)13-5-3-4-6-14(13)19-17(20)10-23-12-7-8-15-16(9-12)25-11-24-15/h3-9H,2,10-11H2,1H3,(H,19,20). The molecule has 7 nitrogen and oxygen atoms in total. The van der Waals surface area contributed by atoms with Crippen molar-refractivity contribution in [3.05, 3.63) is 48.0 Å². The molecule has 0 fully saturated rings. The quantitative estimate of drug-likeness (QED) is 0.812. The molecule has 25 heavy (non-hydrogen) atoms. The summed E-state index contributed by atoms with van der Waals surface area (Å²) in [5.41, 5.74) is 0.668. The van der Waals surface area contributed by atoms with Gasteiger partial charge in [0.25, 0.3) is 5.91 Å². The van der Waals surface area contributed by atoms with Crippen molar-refractivity contribution in [2.24, 2.45) is 0 Å². The molecule has 0 saturated heterocycles. The molecule has 7 heteroatoms. The van der Waals surface area contributed by atoms with Crippen LogP contribution in [0.25, 0.3) is 0 Å². The number of carbonyl (C=O) groups excluding carboxylic acids is 2. The van der Waals surface area contributed by atoms with E-state index in [9.17, 15) is 9.59 Å². The SMILES string of the molecule is CCOC(=O)c1ccccc1NC(=O)COc1ccc2c(c1)OCO2. The summed E-state index contributed by atoms with van der Waals surface area (Å²) < 4.78 is 20.9. The molecule has 1 aliphatic rings. The van der Waals surface area contributed by atoms with Crippen LogP contribution >= 0.6 is 0 Å². The summed E-state index contributed by atoms with van der Waals surface area (Å²) in [4.78, 5) is 24.0. The Morgan fingerprint density at radius 2 is 1.92 bits per heavy atom. The number of hydrogen-bond acceptors (Lipinski definition) is 6. The summed E-state index contributed by atoms with van der Waals surface area (Å²) in [6.07, 6.45) is 0. The summed E-state index contributed by atoms with van der Waals surface area (Å²) in [6.45, 7) is 1.94. The van der Waals surface area contributed by atoms with Crippen molar-refractivity contribution in [1.82, 2.24) is 0 Å². The normalized spacial score (nSPS) is 11.7. The minimum atomic E-state index is -0.491. The number of amides is 1. The smallest absolute Gasteiger partial charge is 0.340 e. The molecule has 0 bridgehead atoms. The number of para-hydroxylation sites is 1. The van der Waals surface area contributed by atoms with Crippen LogP contribution in [0.1, 0.15) is 17.3 Å². The topological polar surface area (TPSA) is 83.1 Å². The highest BCUT2D eigenvalue weighted by Crippen LogP contribution is 2.35. The molecule has 0 unspecified atom stereocenters. The predicted molar refractivity (Wildman–Crippen MR) is 89.1 cm³/mol. The van der Waals surface area contributed by atoms with Crippen LogP contribution in [0.5, 0.6) is 17.2 Å². The summed E-state index contributed by atoms with van der Waals surface area (Å²) in [7, 11) is 0. The minimum absolute atomic E-state index is 0.171. The summed E-state index contributed by atoms with van der Waals surface area (Å²) >= 11 is 0. The van der Waals surface area contributed by atoms with E-state index in [2.05, 4.69) is 5.32 Å². The Labute approximate surface area is 144 Å². The van der Waals surface area contributed by atoms with Gasteiger partial charge in [-0.3, -0.25) is 4.79 Å². The number of ether oxygens (including phenoxy) is 4. The number of carbonyl (C=O) groups is 2. The van der Waals surface area contributed by atoms with Crippen molar-refractivity contribution in [3.8, 4) is 17.2 Å². The van der Waals surface area contributed by atoms with E-state index >= 15 is 0 Å². The number of hydrogen-bond donors (Lipinski definition) is 1. The first-order valence-corrected chi connectivity index (χ1v) is 7.76. The Kier molecular flexibility index (Phi) is 5.03. The van der Waals surface area contributed by atoms with E-state index < -0.39 is 11.9 Å². The van der Waals surface area contributed by atoms with E-state index in [1.165, 1.54) is 0 Å². The first-order chi connectivity index (χ1) is 12.2. The van der Waals surface area contributed by atoms with Crippen LogP contribution < -0.4 is 19.5 Å². The molecule has 0 aliphatic carbocycles. The summed E-state index contributed by atoms with van der Waals surface area (Å²) in [6, 6.07) is 11.7. The van der Waals surface area contributed by atoms with Crippen molar-refractivity contribution in [1.29, 1.82) is 0 Å². The van der Waals surface area contributed by atoms with Crippen LogP contribution in [-0.2, 0) is 9.53 Å². The molecule has 1 N–H and O–H groups in total. The van der Waals surface area contributed by atoms with Gasteiger partial charge in [0.15, 0.2) is 18.1 Å². The van der Waals surface area contributed by atoms with Crippen LogP contribution in [0.4, 0.5) is 5.69 Å². The molecule has 0 aromatic heterocycles. The maximum Gasteiger partial charge on any atom is 0.340 e. The third-order valence-electron chi connectivity index (χ3n) is 3.41. The van der Waals surface area contributed by atoms with Crippen molar-refractivity contribution in [2.75, 3.05) is 25.3 Å². The van der Waals surface area contributed by atoms with Crippen molar-refractivity contribution >= 4 is 17.6 Å². The zero-order chi connectivity index (χ0) is 17.6. The predicted octanol–water partition coefficient (Wildman–Crippen LogP) is 2.61. The Morgan fingerprint density at radius 1 is 1.12 bits per heavy atom. The second kappa shape index (κ2) is 7.57. The van der Waals surface area contributed by atoms with Crippen LogP contribution in [0.3, 0.4) is 0 Å². The van der Waals surface area contributed by atoms with Gasteiger partial charge in [-0.05, 0) is 31.2 Å². The molecule has 2 aromatic rings. The number of rotatable bonds is 6. The lowest BCUT2D eigenvalue weighted by Gasteiger charge is -2.11. The highest BCUT2D eigenvalue weighted by atomic mass is 16.7. The molecule has 3 rings (SSSR count). The lowest BCUT2D eigenvalue weighted by molar-refractivity contribution is -0.118. The Bertz CT molecular complexity index is 789. The molecular weight excluding hydrogens is 326 g/mol. The third kappa shape index (κ3) is 4.00. The number of nitrogens with one attached hydrogen (secondary N) is 1. The van der Waals surface area contributed by atoms with Crippen LogP contribution in [0, 0.1) is 0 Å². The van der Waals surface area contributed by atoms with E-state index in [1.54, 1.807) is 49.4 Å². The molecule has 130 valence electrons. The van der Waals surface area contributed by atoms with Crippen molar-refractivity contribution in [2.45, 2.75) is 6.92 Å². The first kappa shape index (κ1) is 16.6. The first-order valence-electron chi connectivity index (χ1n) is 7.76. The van der Waals surface area contributed by atoms with Gasteiger partial charge in [0.1, 0.15) is 5.75 Å². The van der Waals surface area contributed by atoms with Crippen molar-refractivity contribution in [3.63, 3.8) is 0 Å². The van der Waals surface area contributed by atoms with Gasteiger partial charge in [0.05, 0.1) is 17.9 Å². The Morgan fingerprint density at radius 3 is 2.76 bits per heavy atom. The number of esters is 1. The third-order valence-corrected chi connectivity index (χ3v) is 3.41. The highest BCUT2D eigenvalue weighted by Gasteiger charge is 2.16. The van der Waals surface area contributed by atoms with E-state index in [0.717, 1.165) is 0 Å². The van der Waals surface area contributed by atoms with E-state index in [4.69, 9.17) is 18.9 Å². The maximum absolute atomic E-state index is 12.1. The number of anilines is 1. The average Bonchev–Trinajstić information content (AvgIpc) is 3.08. The fraction of sp³-hybridized carbons (Fsp3) is 0.222. The molecular formula is C18H17NO6. The van der Waals surface area contributed by atoms with Crippen LogP contribution in [-0.4, -0.2) is 31.9 Å². The molecule has 1 heterocycles. The number of benzene rings is 2. The molecule has 0 radical (unpaired) electrons. The van der Waals surface area contributed by atoms with Gasteiger partial charge in [-0.25, -0.2) is 4.79 Å². The fourth-order valence-electron chi connectivity index (χ4n) is 2.28. The number of fused-ring (bicyclic) bond motifs is 1. The van der Waals surface area contributed by atoms with Gasteiger partial charge < -0.3 is 24.3 Å². The van der Waals surface area contributed by atoms with Gasteiger partial charge in [-0.15, -0.1) is 0 Å². The molecule has 0 saturated carbocycles. The van der Waals surface area contributed by atoms with Crippen LogP contribution in [0.2, 0.25) is 0 Å². The molecule has 1 amide bonds. The van der Waals surface area contributed by atoms with Gasteiger partial charge in [0.2, 0.25) is 6.79 Å². The molecule has 1 aliphatic heterocycles.